The molecule has 0 spiro atoms. The van der Waals surface area contributed by atoms with Crippen molar-refractivity contribution in [2.75, 3.05) is 0 Å². The average Bonchev–Trinajstić information content (AvgIpc) is 3.05. The fourth-order valence-electron chi connectivity index (χ4n) is 2.52. The fraction of sp³-hybridized carbons (Fsp3) is 0.571. The Bertz CT molecular complexity index is 554. The molecule has 0 unspecified atom stereocenters. The summed E-state index contributed by atoms with van der Waals surface area (Å²) in [6.45, 7) is 6.30. The van der Waals surface area contributed by atoms with Crippen LogP contribution >= 0.6 is 11.3 Å². The van der Waals surface area contributed by atoms with E-state index in [1.807, 2.05) is 23.4 Å². The van der Waals surface area contributed by atoms with Gasteiger partial charge in [-0.25, -0.2) is 0 Å². The first kappa shape index (κ1) is 12.8. The van der Waals surface area contributed by atoms with Crippen molar-refractivity contribution in [1.82, 2.24) is 19.7 Å². The number of nitrogens with zero attached hydrogens (tertiary/aromatic N) is 4. The first-order chi connectivity index (χ1) is 9.15. The smallest absolute Gasteiger partial charge is 0.0794 e. The van der Waals surface area contributed by atoms with E-state index in [0.717, 1.165) is 24.8 Å². The highest BCUT2D eigenvalue weighted by Crippen LogP contribution is 2.31. The molecule has 0 radical (unpaired) electrons. The van der Waals surface area contributed by atoms with E-state index in [9.17, 15) is 0 Å². The van der Waals surface area contributed by atoms with Gasteiger partial charge in [0.2, 0.25) is 0 Å². The molecule has 5 heteroatoms. The number of aromatic nitrogens is 3. The Morgan fingerprint density at radius 1 is 1.37 bits per heavy atom. The molecule has 0 saturated heterocycles. The summed E-state index contributed by atoms with van der Waals surface area (Å²) in [5.74, 6) is 0. The van der Waals surface area contributed by atoms with E-state index in [1.165, 1.54) is 29.0 Å². The minimum absolute atomic E-state index is 0.751. The molecule has 102 valence electrons. The third-order valence-corrected chi connectivity index (χ3v) is 4.69. The van der Waals surface area contributed by atoms with Crippen LogP contribution in [0.15, 0.2) is 11.7 Å². The molecule has 2 heterocycles. The lowest BCUT2D eigenvalue weighted by atomic mass is 10.2. The Labute approximate surface area is 118 Å². The number of thiazole rings is 1. The van der Waals surface area contributed by atoms with Crippen LogP contribution in [0.25, 0.3) is 0 Å². The van der Waals surface area contributed by atoms with Gasteiger partial charge < -0.3 is 0 Å². The highest BCUT2D eigenvalue weighted by Gasteiger charge is 2.30. The van der Waals surface area contributed by atoms with Gasteiger partial charge in [0, 0.05) is 48.5 Å². The SMILES string of the molecule is Cc1nn(C)c(C)c1CN(Cc1cncs1)C1CC1. The van der Waals surface area contributed by atoms with Crippen LogP contribution in [-0.4, -0.2) is 25.7 Å². The highest BCUT2D eigenvalue weighted by molar-refractivity contribution is 7.09. The first-order valence-corrected chi connectivity index (χ1v) is 7.63. The normalized spacial score (nSPS) is 15.4. The minimum atomic E-state index is 0.751. The van der Waals surface area contributed by atoms with Crippen molar-refractivity contribution in [3.05, 3.63) is 33.5 Å². The number of rotatable bonds is 5. The Morgan fingerprint density at radius 2 is 2.16 bits per heavy atom. The Hall–Kier alpha value is -1.20. The van der Waals surface area contributed by atoms with Crippen LogP contribution in [0.2, 0.25) is 0 Å². The van der Waals surface area contributed by atoms with Crippen LogP contribution in [0.5, 0.6) is 0 Å². The van der Waals surface area contributed by atoms with E-state index in [2.05, 4.69) is 28.8 Å². The fourth-order valence-corrected chi connectivity index (χ4v) is 3.14. The molecular formula is C14H20N4S. The van der Waals surface area contributed by atoms with Crippen molar-refractivity contribution in [3.63, 3.8) is 0 Å². The summed E-state index contributed by atoms with van der Waals surface area (Å²) in [7, 11) is 2.02. The molecule has 1 aliphatic rings. The molecule has 2 aromatic heterocycles. The monoisotopic (exact) mass is 276 g/mol. The average molecular weight is 276 g/mol. The summed E-state index contributed by atoms with van der Waals surface area (Å²) in [4.78, 5) is 8.10. The van der Waals surface area contributed by atoms with E-state index in [0.29, 0.717) is 0 Å². The number of hydrogen-bond acceptors (Lipinski definition) is 4. The molecular weight excluding hydrogens is 256 g/mol. The van der Waals surface area contributed by atoms with Crippen molar-refractivity contribution in [1.29, 1.82) is 0 Å². The molecule has 0 N–H and O–H groups in total. The molecule has 0 amide bonds. The Kier molecular flexibility index (Phi) is 3.41. The van der Waals surface area contributed by atoms with E-state index in [1.54, 1.807) is 11.3 Å². The summed E-state index contributed by atoms with van der Waals surface area (Å²) < 4.78 is 1.99. The van der Waals surface area contributed by atoms with Crippen LogP contribution in [-0.2, 0) is 20.1 Å². The summed E-state index contributed by atoms with van der Waals surface area (Å²) in [5, 5.41) is 4.52. The predicted molar refractivity (Wildman–Crippen MR) is 77.1 cm³/mol. The molecule has 3 rings (SSSR count). The van der Waals surface area contributed by atoms with E-state index in [4.69, 9.17) is 0 Å². The molecule has 0 aromatic carbocycles. The summed E-state index contributed by atoms with van der Waals surface area (Å²) in [6.07, 6.45) is 4.65. The van der Waals surface area contributed by atoms with Gasteiger partial charge in [-0.2, -0.15) is 5.10 Å². The van der Waals surface area contributed by atoms with Crippen LogP contribution < -0.4 is 0 Å². The number of hydrogen-bond donors (Lipinski definition) is 0. The van der Waals surface area contributed by atoms with Gasteiger partial charge >= 0.3 is 0 Å². The third-order valence-electron chi connectivity index (χ3n) is 3.93. The lowest BCUT2D eigenvalue weighted by Crippen LogP contribution is -2.25. The molecule has 0 aliphatic heterocycles. The lowest BCUT2D eigenvalue weighted by Gasteiger charge is -2.21. The van der Waals surface area contributed by atoms with Gasteiger partial charge in [0.1, 0.15) is 0 Å². The van der Waals surface area contributed by atoms with Gasteiger partial charge in [-0.05, 0) is 26.7 Å². The second-order valence-electron chi connectivity index (χ2n) is 5.38. The quantitative estimate of drug-likeness (QED) is 0.842. The standard InChI is InChI=1S/C14H20N4S/c1-10-14(11(2)17(3)16-10)8-18(12-4-5-12)7-13-6-15-9-19-13/h6,9,12H,4-5,7-8H2,1-3H3. The molecule has 1 aliphatic carbocycles. The zero-order valence-electron chi connectivity index (χ0n) is 11.8. The van der Waals surface area contributed by atoms with Crippen LogP contribution in [0.1, 0.15) is 34.7 Å². The maximum atomic E-state index is 4.52. The molecule has 0 atom stereocenters. The van der Waals surface area contributed by atoms with Gasteiger partial charge in [-0.1, -0.05) is 0 Å². The van der Waals surface area contributed by atoms with Gasteiger partial charge in [-0.15, -0.1) is 11.3 Å². The van der Waals surface area contributed by atoms with E-state index >= 15 is 0 Å². The van der Waals surface area contributed by atoms with E-state index in [-0.39, 0.29) is 0 Å². The zero-order valence-corrected chi connectivity index (χ0v) is 12.6. The van der Waals surface area contributed by atoms with Crippen LogP contribution in [0.4, 0.5) is 0 Å². The Balaban J connectivity index is 1.78. The van der Waals surface area contributed by atoms with Crippen LogP contribution in [0.3, 0.4) is 0 Å². The molecule has 1 saturated carbocycles. The maximum absolute atomic E-state index is 4.52. The van der Waals surface area contributed by atoms with Crippen molar-refractivity contribution in [2.24, 2.45) is 7.05 Å². The number of aryl methyl sites for hydroxylation is 2. The second-order valence-corrected chi connectivity index (χ2v) is 6.35. The summed E-state index contributed by atoms with van der Waals surface area (Å²) >= 11 is 1.75. The second kappa shape index (κ2) is 5.06. The predicted octanol–water partition coefficient (Wildman–Crippen LogP) is 2.66. The zero-order chi connectivity index (χ0) is 13.4. The maximum Gasteiger partial charge on any atom is 0.0794 e. The minimum Gasteiger partial charge on any atom is -0.291 e. The third kappa shape index (κ3) is 2.72. The van der Waals surface area contributed by atoms with Crippen molar-refractivity contribution >= 4 is 11.3 Å². The lowest BCUT2D eigenvalue weighted by molar-refractivity contribution is 0.247. The van der Waals surface area contributed by atoms with Crippen molar-refractivity contribution < 1.29 is 0 Å². The van der Waals surface area contributed by atoms with Crippen LogP contribution in [0, 0.1) is 13.8 Å². The summed E-state index contributed by atoms with van der Waals surface area (Å²) in [6, 6.07) is 0.751. The van der Waals surface area contributed by atoms with E-state index < -0.39 is 0 Å². The largest absolute Gasteiger partial charge is 0.291 e. The summed E-state index contributed by atoms with van der Waals surface area (Å²) in [5.41, 5.74) is 5.75. The van der Waals surface area contributed by atoms with Gasteiger partial charge in [0.05, 0.1) is 11.2 Å². The first-order valence-electron chi connectivity index (χ1n) is 6.75. The highest BCUT2D eigenvalue weighted by atomic mass is 32.1. The van der Waals surface area contributed by atoms with Crippen molar-refractivity contribution in [2.45, 2.75) is 45.8 Å². The molecule has 0 bridgehead atoms. The molecule has 4 nitrogen and oxygen atoms in total. The molecule has 1 fully saturated rings. The topological polar surface area (TPSA) is 34.0 Å². The van der Waals surface area contributed by atoms with Gasteiger partial charge in [0.15, 0.2) is 0 Å². The van der Waals surface area contributed by atoms with Gasteiger partial charge in [-0.3, -0.25) is 14.6 Å². The molecule has 19 heavy (non-hydrogen) atoms. The Morgan fingerprint density at radius 3 is 2.68 bits per heavy atom. The molecule has 2 aromatic rings. The van der Waals surface area contributed by atoms with Gasteiger partial charge in [0.25, 0.3) is 0 Å². The van der Waals surface area contributed by atoms with Crippen molar-refractivity contribution in [3.8, 4) is 0 Å².